The molecule has 0 unspecified atom stereocenters. The lowest BCUT2D eigenvalue weighted by molar-refractivity contribution is -0.0482. The molecule has 1 fully saturated rings. The van der Waals surface area contributed by atoms with Gasteiger partial charge in [-0.05, 0) is 0 Å². The Morgan fingerprint density at radius 1 is 1.39 bits per heavy atom. The molecule has 5 N–H and O–H groups in total. The summed E-state index contributed by atoms with van der Waals surface area (Å²) in [5.74, 6) is -1.96. The van der Waals surface area contributed by atoms with E-state index in [0.29, 0.717) is 4.57 Å². The van der Waals surface area contributed by atoms with Crippen LogP contribution >= 0.6 is 0 Å². The van der Waals surface area contributed by atoms with Crippen LogP contribution in [0.4, 0.5) is 0 Å². The Labute approximate surface area is 99.5 Å². The topological polar surface area (TPSA) is 145 Å². The number of ether oxygens (including phenoxy) is 1. The molecule has 0 aliphatic carbocycles. The summed E-state index contributed by atoms with van der Waals surface area (Å²) in [6, 6.07) is 0. The highest BCUT2D eigenvalue weighted by atomic mass is 16.5. The standard InChI is InChI=1S/C9H12N2O7/c12-2-4-3(13)1-5(18-4)11-8(16)6(14)7(15)10-9(11)17/h3-5,12-14,16H,1-2H2,(H,10,15,17)/t3-,4+,5+/m0/s1. The number of nitrogens with zero attached hydrogens (tertiary/aromatic N) is 1. The third-order valence-electron chi connectivity index (χ3n) is 2.77. The predicted molar refractivity (Wildman–Crippen MR) is 56.3 cm³/mol. The van der Waals surface area contributed by atoms with Crippen LogP contribution in [0.3, 0.4) is 0 Å². The Hall–Kier alpha value is -1.84. The van der Waals surface area contributed by atoms with Crippen molar-refractivity contribution in [3.63, 3.8) is 0 Å². The molecule has 2 heterocycles. The number of hydrogen-bond donors (Lipinski definition) is 5. The van der Waals surface area contributed by atoms with Crippen LogP contribution in [0.5, 0.6) is 11.6 Å². The van der Waals surface area contributed by atoms with Crippen LogP contribution in [0.2, 0.25) is 0 Å². The van der Waals surface area contributed by atoms with Gasteiger partial charge < -0.3 is 25.2 Å². The van der Waals surface area contributed by atoms with E-state index < -0.39 is 47.9 Å². The van der Waals surface area contributed by atoms with Gasteiger partial charge in [0.15, 0.2) is 0 Å². The molecular formula is C9H12N2O7. The van der Waals surface area contributed by atoms with Crippen LogP contribution in [0.1, 0.15) is 12.6 Å². The van der Waals surface area contributed by atoms with E-state index in [-0.39, 0.29) is 6.42 Å². The molecule has 2 rings (SSSR count). The SMILES string of the molecule is O=c1[nH]c(=O)n([C@H]2C[C@H](O)[C@@H](CO)O2)c(O)c1O. The zero-order chi connectivity index (χ0) is 13.4. The maximum Gasteiger partial charge on any atom is 0.333 e. The molecular weight excluding hydrogens is 248 g/mol. The molecule has 3 atom stereocenters. The highest BCUT2D eigenvalue weighted by Gasteiger charge is 2.36. The first-order chi connectivity index (χ1) is 8.45. The Morgan fingerprint density at radius 3 is 2.61 bits per heavy atom. The summed E-state index contributed by atoms with van der Waals surface area (Å²) in [6.45, 7) is -0.456. The van der Waals surface area contributed by atoms with Crippen molar-refractivity contribution in [3.8, 4) is 11.6 Å². The number of aromatic amines is 1. The number of aliphatic hydroxyl groups is 2. The number of aliphatic hydroxyl groups excluding tert-OH is 2. The fourth-order valence-electron chi connectivity index (χ4n) is 1.83. The molecule has 0 saturated carbocycles. The van der Waals surface area contributed by atoms with Gasteiger partial charge in [0.25, 0.3) is 5.56 Å². The Bertz CT molecular complexity index is 563. The molecule has 1 aliphatic heterocycles. The third-order valence-corrected chi connectivity index (χ3v) is 2.77. The number of hydrogen-bond acceptors (Lipinski definition) is 7. The van der Waals surface area contributed by atoms with Gasteiger partial charge in [0.05, 0.1) is 12.7 Å². The van der Waals surface area contributed by atoms with Crippen molar-refractivity contribution in [1.82, 2.24) is 9.55 Å². The smallest absolute Gasteiger partial charge is 0.333 e. The fraction of sp³-hybridized carbons (Fsp3) is 0.556. The molecule has 1 aromatic heterocycles. The molecule has 0 amide bonds. The largest absolute Gasteiger partial charge is 0.499 e. The molecule has 1 aliphatic rings. The fourth-order valence-corrected chi connectivity index (χ4v) is 1.83. The molecule has 0 bridgehead atoms. The Kier molecular flexibility index (Phi) is 3.11. The van der Waals surface area contributed by atoms with E-state index in [4.69, 9.17) is 9.84 Å². The van der Waals surface area contributed by atoms with Crippen molar-refractivity contribution < 1.29 is 25.2 Å². The molecule has 0 radical (unpaired) electrons. The molecule has 0 aromatic carbocycles. The van der Waals surface area contributed by atoms with Gasteiger partial charge in [0.2, 0.25) is 11.6 Å². The van der Waals surface area contributed by atoms with Crippen LogP contribution in [0.15, 0.2) is 9.59 Å². The van der Waals surface area contributed by atoms with E-state index in [1.54, 1.807) is 4.98 Å². The first-order valence-corrected chi connectivity index (χ1v) is 5.16. The average Bonchev–Trinajstić information content (AvgIpc) is 2.67. The summed E-state index contributed by atoms with van der Waals surface area (Å²) >= 11 is 0. The molecule has 18 heavy (non-hydrogen) atoms. The lowest BCUT2D eigenvalue weighted by Gasteiger charge is -2.15. The Morgan fingerprint density at radius 2 is 2.06 bits per heavy atom. The zero-order valence-corrected chi connectivity index (χ0v) is 9.11. The number of H-pyrrole nitrogens is 1. The summed E-state index contributed by atoms with van der Waals surface area (Å²) < 4.78 is 5.74. The van der Waals surface area contributed by atoms with Crippen molar-refractivity contribution in [2.24, 2.45) is 0 Å². The minimum absolute atomic E-state index is 0.0653. The van der Waals surface area contributed by atoms with Gasteiger partial charge in [-0.25, -0.2) is 9.36 Å². The van der Waals surface area contributed by atoms with Gasteiger partial charge in [-0.1, -0.05) is 0 Å². The maximum absolute atomic E-state index is 11.5. The molecule has 0 spiro atoms. The number of aromatic hydroxyl groups is 2. The van der Waals surface area contributed by atoms with Crippen molar-refractivity contribution in [3.05, 3.63) is 20.8 Å². The van der Waals surface area contributed by atoms with Gasteiger partial charge >= 0.3 is 5.69 Å². The van der Waals surface area contributed by atoms with Crippen molar-refractivity contribution in [2.45, 2.75) is 24.9 Å². The monoisotopic (exact) mass is 260 g/mol. The second kappa shape index (κ2) is 4.44. The van der Waals surface area contributed by atoms with Crippen molar-refractivity contribution in [1.29, 1.82) is 0 Å². The van der Waals surface area contributed by atoms with Crippen molar-refractivity contribution >= 4 is 0 Å². The van der Waals surface area contributed by atoms with E-state index in [2.05, 4.69) is 0 Å². The molecule has 9 heteroatoms. The summed E-state index contributed by atoms with van der Waals surface area (Å²) in [4.78, 5) is 24.3. The minimum Gasteiger partial charge on any atom is -0.499 e. The number of aromatic nitrogens is 2. The van der Waals surface area contributed by atoms with E-state index in [0.717, 1.165) is 0 Å². The van der Waals surface area contributed by atoms with Gasteiger partial charge in [-0.15, -0.1) is 0 Å². The maximum atomic E-state index is 11.5. The summed E-state index contributed by atoms with van der Waals surface area (Å²) in [5, 5.41) is 37.2. The van der Waals surface area contributed by atoms with Gasteiger partial charge in [0, 0.05) is 6.42 Å². The first kappa shape index (κ1) is 12.6. The lowest BCUT2D eigenvalue weighted by Crippen LogP contribution is -2.32. The highest BCUT2D eigenvalue weighted by Crippen LogP contribution is 2.31. The van der Waals surface area contributed by atoms with E-state index in [1.807, 2.05) is 0 Å². The second-order valence-electron chi connectivity index (χ2n) is 3.92. The van der Waals surface area contributed by atoms with E-state index in [9.17, 15) is 24.9 Å². The van der Waals surface area contributed by atoms with Crippen LogP contribution in [-0.2, 0) is 4.74 Å². The second-order valence-corrected chi connectivity index (χ2v) is 3.92. The van der Waals surface area contributed by atoms with Crippen LogP contribution < -0.4 is 11.2 Å². The Balaban J connectivity index is 2.45. The van der Waals surface area contributed by atoms with Gasteiger partial charge in [-0.3, -0.25) is 9.78 Å². The lowest BCUT2D eigenvalue weighted by atomic mass is 10.2. The normalized spacial score (nSPS) is 27.6. The van der Waals surface area contributed by atoms with Gasteiger partial charge in [0.1, 0.15) is 12.3 Å². The highest BCUT2D eigenvalue weighted by molar-refractivity contribution is 5.28. The van der Waals surface area contributed by atoms with Crippen LogP contribution in [0.25, 0.3) is 0 Å². The quantitative estimate of drug-likeness (QED) is 0.398. The first-order valence-electron chi connectivity index (χ1n) is 5.16. The minimum atomic E-state index is -1.12. The molecule has 9 nitrogen and oxygen atoms in total. The van der Waals surface area contributed by atoms with Gasteiger partial charge in [-0.2, -0.15) is 0 Å². The summed E-state index contributed by atoms with van der Waals surface area (Å²) in [7, 11) is 0. The number of nitrogens with one attached hydrogen (secondary N) is 1. The van der Waals surface area contributed by atoms with Crippen LogP contribution in [-0.4, -0.2) is 48.8 Å². The van der Waals surface area contributed by atoms with E-state index in [1.165, 1.54) is 0 Å². The molecule has 1 aromatic rings. The summed E-state index contributed by atoms with van der Waals surface area (Å²) in [5.41, 5.74) is -2.10. The van der Waals surface area contributed by atoms with Crippen molar-refractivity contribution in [2.75, 3.05) is 6.61 Å². The zero-order valence-electron chi connectivity index (χ0n) is 9.11. The molecule has 100 valence electrons. The molecule has 1 saturated heterocycles. The predicted octanol–water partition coefficient (Wildman–Crippen LogP) is -2.41. The average molecular weight is 260 g/mol. The van der Waals surface area contributed by atoms with E-state index >= 15 is 0 Å². The summed E-state index contributed by atoms with van der Waals surface area (Å²) in [6.07, 6.45) is -3.05. The third kappa shape index (κ3) is 1.88. The number of rotatable bonds is 2. The van der Waals surface area contributed by atoms with Crippen LogP contribution in [0, 0.1) is 0 Å².